The van der Waals surface area contributed by atoms with Crippen molar-refractivity contribution in [1.82, 2.24) is 0 Å². The minimum absolute atomic E-state index is 0.149. The Bertz CT molecular complexity index is 559. The molecule has 0 saturated carbocycles. The number of carbonyl (C=O) groups is 1. The number of benzene rings is 1. The van der Waals surface area contributed by atoms with Crippen LogP contribution in [0, 0.1) is 21.8 Å². The zero-order chi connectivity index (χ0) is 14.0. The Hall–Kier alpha value is -2.28. The summed E-state index contributed by atoms with van der Waals surface area (Å²) in [6.07, 6.45) is 3.93. The summed E-state index contributed by atoms with van der Waals surface area (Å²) in [5.41, 5.74) is 5.19. The van der Waals surface area contributed by atoms with Crippen LogP contribution in [-0.4, -0.2) is 16.9 Å². The number of nitrogens with zero attached hydrogens (tertiary/aromatic N) is 1. The van der Waals surface area contributed by atoms with Gasteiger partial charge in [0.15, 0.2) is 0 Å². The van der Waals surface area contributed by atoms with Gasteiger partial charge in [0.1, 0.15) is 0 Å². The van der Waals surface area contributed by atoms with Crippen LogP contribution in [0.1, 0.15) is 6.42 Å². The Kier molecular flexibility index (Phi) is 3.57. The molecule has 2 unspecified atom stereocenters. The standard InChI is InChI=1S/C12H12FN3O3/c13-10-6-9(3-4-11(10)16(18)19)15-12(17)7-1-2-8(14)5-7/h1-4,6-8H,5,14H2,(H,15,17). The van der Waals surface area contributed by atoms with Crippen molar-refractivity contribution in [3.05, 3.63) is 46.3 Å². The van der Waals surface area contributed by atoms with E-state index in [1.165, 1.54) is 6.07 Å². The second kappa shape index (κ2) is 5.15. The molecule has 0 aromatic heterocycles. The van der Waals surface area contributed by atoms with E-state index >= 15 is 0 Å². The number of rotatable bonds is 3. The minimum atomic E-state index is -0.985. The first kappa shape index (κ1) is 13.2. The number of hydrogen-bond donors (Lipinski definition) is 2. The first-order valence-electron chi connectivity index (χ1n) is 5.66. The summed E-state index contributed by atoms with van der Waals surface area (Å²) in [5.74, 6) is -1.65. The predicted octanol–water partition coefficient (Wildman–Crippen LogP) is 1.58. The molecule has 1 amide bonds. The molecule has 2 atom stereocenters. The Morgan fingerprint density at radius 2 is 2.21 bits per heavy atom. The quantitative estimate of drug-likeness (QED) is 0.492. The Morgan fingerprint density at radius 1 is 1.47 bits per heavy atom. The van der Waals surface area contributed by atoms with Gasteiger partial charge in [-0.3, -0.25) is 14.9 Å². The molecular formula is C12H12FN3O3. The molecule has 3 N–H and O–H groups in total. The number of nitro benzene ring substituents is 1. The molecule has 100 valence electrons. The second-order valence-electron chi connectivity index (χ2n) is 4.30. The summed E-state index contributed by atoms with van der Waals surface area (Å²) in [6, 6.07) is 3.08. The normalized spacial score (nSPS) is 21.4. The minimum Gasteiger partial charge on any atom is -0.325 e. The van der Waals surface area contributed by atoms with Gasteiger partial charge in [-0.2, -0.15) is 4.39 Å². The van der Waals surface area contributed by atoms with Gasteiger partial charge in [0.2, 0.25) is 11.7 Å². The Labute approximate surface area is 108 Å². The van der Waals surface area contributed by atoms with Crippen LogP contribution >= 0.6 is 0 Å². The molecule has 1 aromatic rings. The van der Waals surface area contributed by atoms with Gasteiger partial charge in [-0.25, -0.2) is 0 Å². The van der Waals surface area contributed by atoms with Crippen molar-refractivity contribution in [2.45, 2.75) is 12.5 Å². The van der Waals surface area contributed by atoms with Gasteiger partial charge in [0, 0.05) is 23.9 Å². The van der Waals surface area contributed by atoms with Crippen LogP contribution in [-0.2, 0) is 4.79 Å². The van der Waals surface area contributed by atoms with E-state index in [2.05, 4.69) is 5.32 Å². The van der Waals surface area contributed by atoms with E-state index in [0.29, 0.717) is 6.42 Å². The Morgan fingerprint density at radius 3 is 2.74 bits per heavy atom. The third-order valence-electron chi connectivity index (χ3n) is 2.87. The summed E-state index contributed by atoms with van der Waals surface area (Å²) in [5, 5.41) is 13.0. The lowest BCUT2D eigenvalue weighted by Gasteiger charge is -2.10. The molecule has 1 aliphatic rings. The van der Waals surface area contributed by atoms with Crippen molar-refractivity contribution in [2.24, 2.45) is 11.7 Å². The van der Waals surface area contributed by atoms with Crippen LogP contribution in [0.2, 0.25) is 0 Å². The van der Waals surface area contributed by atoms with Crippen molar-refractivity contribution in [1.29, 1.82) is 0 Å². The summed E-state index contributed by atoms with van der Waals surface area (Å²) < 4.78 is 13.4. The van der Waals surface area contributed by atoms with Crippen LogP contribution in [0.5, 0.6) is 0 Å². The van der Waals surface area contributed by atoms with E-state index in [0.717, 1.165) is 12.1 Å². The molecule has 0 heterocycles. The zero-order valence-corrected chi connectivity index (χ0v) is 9.88. The highest BCUT2D eigenvalue weighted by Gasteiger charge is 2.23. The molecule has 0 fully saturated rings. The van der Waals surface area contributed by atoms with E-state index in [-0.39, 0.29) is 23.6 Å². The fourth-order valence-electron chi connectivity index (χ4n) is 1.89. The number of anilines is 1. The lowest BCUT2D eigenvalue weighted by molar-refractivity contribution is -0.387. The van der Waals surface area contributed by atoms with E-state index in [4.69, 9.17) is 5.73 Å². The molecule has 0 radical (unpaired) electrons. The van der Waals surface area contributed by atoms with E-state index in [1.54, 1.807) is 12.2 Å². The van der Waals surface area contributed by atoms with Crippen LogP contribution in [0.25, 0.3) is 0 Å². The number of nitro groups is 1. The number of halogens is 1. The summed E-state index contributed by atoms with van der Waals surface area (Å²) >= 11 is 0. The van der Waals surface area contributed by atoms with Crippen molar-refractivity contribution in [2.75, 3.05) is 5.32 Å². The van der Waals surface area contributed by atoms with Crippen LogP contribution in [0.3, 0.4) is 0 Å². The fourth-order valence-corrected chi connectivity index (χ4v) is 1.89. The molecule has 0 aliphatic heterocycles. The molecule has 19 heavy (non-hydrogen) atoms. The number of amides is 1. The zero-order valence-electron chi connectivity index (χ0n) is 9.88. The van der Waals surface area contributed by atoms with Crippen molar-refractivity contribution in [3.63, 3.8) is 0 Å². The maximum absolute atomic E-state index is 13.4. The van der Waals surface area contributed by atoms with Crippen molar-refractivity contribution >= 4 is 17.3 Å². The molecule has 1 aromatic carbocycles. The smallest absolute Gasteiger partial charge is 0.304 e. The largest absolute Gasteiger partial charge is 0.325 e. The number of carbonyl (C=O) groups excluding carboxylic acids is 1. The molecule has 7 heteroatoms. The SMILES string of the molecule is NC1C=CC(C(=O)Nc2ccc([N+](=O)[O-])c(F)c2)C1. The summed E-state index contributed by atoms with van der Waals surface area (Å²) in [6.45, 7) is 0. The number of nitrogens with one attached hydrogen (secondary N) is 1. The molecular weight excluding hydrogens is 253 g/mol. The summed E-state index contributed by atoms with van der Waals surface area (Å²) in [7, 11) is 0. The third-order valence-corrected chi connectivity index (χ3v) is 2.87. The highest BCUT2D eigenvalue weighted by Crippen LogP contribution is 2.23. The van der Waals surface area contributed by atoms with Crippen molar-refractivity contribution in [3.8, 4) is 0 Å². The number of hydrogen-bond acceptors (Lipinski definition) is 4. The van der Waals surface area contributed by atoms with Gasteiger partial charge in [0.05, 0.1) is 10.8 Å². The van der Waals surface area contributed by atoms with Crippen molar-refractivity contribution < 1.29 is 14.1 Å². The summed E-state index contributed by atoms with van der Waals surface area (Å²) in [4.78, 5) is 21.5. The molecule has 0 saturated heterocycles. The number of nitrogens with two attached hydrogens (primary N) is 1. The molecule has 0 spiro atoms. The lowest BCUT2D eigenvalue weighted by atomic mass is 10.1. The lowest BCUT2D eigenvalue weighted by Crippen LogP contribution is -2.24. The monoisotopic (exact) mass is 265 g/mol. The highest BCUT2D eigenvalue weighted by molar-refractivity contribution is 5.94. The fraction of sp³-hybridized carbons (Fsp3) is 0.250. The predicted molar refractivity (Wildman–Crippen MR) is 66.9 cm³/mol. The molecule has 1 aliphatic carbocycles. The first-order valence-corrected chi connectivity index (χ1v) is 5.66. The van der Waals surface area contributed by atoms with Crippen LogP contribution in [0.15, 0.2) is 30.4 Å². The topological polar surface area (TPSA) is 98.3 Å². The van der Waals surface area contributed by atoms with Crippen LogP contribution in [0.4, 0.5) is 15.8 Å². The van der Waals surface area contributed by atoms with E-state index < -0.39 is 16.4 Å². The van der Waals surface area contributed by atoms with Gasteiger partial charge in [-0.1, -0.05) is 12.2 Å². The second-order valence-corrected chi connectivity index (χ2v) is 4.30. The van der Waals surface area contributed by atoms with Crippen LogP contribution < -0.4 is 11.1 Å². The maximum Gasteiger partial charge on any atom is 0.304 e. The average molecular weight is 265 g/mol. The maximum atomic E-state index is 13.4. The van der Waals surface area contributed by atoms with Gasteiger partial charge < -0.3 is 11.1 Å². The highest BCUT2D eigenvalue weighted by atomic mass is 19.1. The average Bonchev–Trinajstić information content (AvgIpc) is 2.75. The van der Waals surface area contributed by atoms with Gasteiger partial charge >= 0.3 is 5.69 Å². The van der Waals surface area contributed by atoms with Gasteiger partial charge in [-0.15, -0.1) is 0 Å². The first-order chi connectivity index (χ1) is 8.97. The Balaban J connectivity index is 2.08. The van der Waals surface area contributed by atoms with Gasteiger partial charge in [-0.05, 0) is 12.5 Å². The van der Waals surface area contributed by atoms with Gasteiger partial charge in [0.25, 0.3) is 0 Å². The van der Waals surface area contributed by atoms with E-state index in [1.807, 2.05) is 0 Å². The third kappa shape index (κ3) is 2.94. The van der Waals surface area contributed by atoms with E-state index in [9.17, 15) is 19.3 Å². The molecule has 2 rings (SSSR count). The molecule has 0 bridgehead atoms. The molecule has 6 nitrogen and oxygen atoms in total.